The van der Waals surface area contributed by atoms with E-state index < -0.39 is 17.3 Å². The van der Waals surface area contributed by atoms with Crippen molar-refractivity contribution in [3.63, 3.8) is 0 Å². The Balaban J connectivity index is 2.01. The van der Waals surface area contributed by atoms with Crippen molar-refractivity contribution >= 4 is 11.6 Å². The highest BCUT2D eigenvalue weighted by Gasteiger charge is 2.39. The Morgan fingerprint density at radius 2 is 2.37 bits per heavy atom. The molecule has 1 aliphatic rings. The van der Waals surface area contributed by atoms with Crippen LogP contribution < -0.4 is 11.1 Å². The summed E-state index contributed by atoms with van der Waals surface area (Å²) in [7, 11) is 0. The number of aliphatic hydroxyl groups is 1. The number of carbonyl (C=O) groups excluding carboxylic acids is 1. The fourth-order valence-electron chi connectivity index (χ4n) is 2.08. The molecular formula is C13H17FN2O3. The molecule has 0 bridgehead atoms. The second-order valence-corrected chi connectivity index (χ2v) is 4.82. The molecule has 4 N–H and O–H groups in total. The van der Waals surface area contributed by atoms with Crippen LogP contribution in [0.15, 0.2) is 18.2 Å². The predicted molar refractivity (Wildman–Crippen MR) is 68.1 cm³/mol. The fraction of sp³-hybridized carbons (Fsp3) is 0.462. The van der Waals surface area contributed by atoms with E-state index in [9.17, 15) is 14.3 Å². The Morgan fingerprint density at radius 3 is 2.95 bits per heavy atom. The molecule has 6 heteroatoms. The van der Waals surface area contributed by atoms with Gasteiger partial charge >= 0.3 is 0 Å². The first-order chi connectivity index (χ1) is 8.90. The van der Waals surface area contributed by atoms with E-state index in [1.54, 1.807) is 6.92 Å². The first-order valence-electron chi connectivity index (χ1n) is 6.09. The van der Waals surface area contributed by atoms with E-state index in [0.29, 0.717) is 13.0 Å². The zero-order valence-corrected chi connectivity index (χ0v) is 10.6. The minimum atomic E-state index is -1.07. The number of benzene rings is 1. The van der Waals surface area contributed by atoms with E-state index in [1.165, 1.54) is 6.07 Å². The van der Waals surface area contributed by atoms with Crippen LogP contribution in [0.4, 0.5) is 10.1 Å². The van der Waals surface area contributed by atoms with Gasteiger partial charge in [-0.3, -0.25) is 4.79 Å². The molecule has 0 radical (unpaired) electrons. The molecule has 1 aliphatic heterocycles. The molecule has 2 atom stereocenters. The third-order valence-corrected chi connectivity index (χ3v) is 3.40. The van der Waals surface area contributed by atoms with E-state index in [2.05, 4.69) is 5.32 Å². The molecule has 2 rings (SSSR count). The Kier molecular flexibility index (Phi) is 3.73. The van der Waals surface area contributed by atoms with Crippen LogP contribution in [0.3, 0.4) is 0 Å². The van der Waals surface area contributed by atoms with E-state index in [-0.39, 0.29) is 23.9 Å². The lowest BCUT2D eigenvalue weighted by Gasteiger charge is -2.26. The molecule has 0 saturated carbocycles. The molecule has 2 unspecified atom stereocenters. The SMILES string of the molecule is CC1OCCC1(O)CNC(=O)c1cc(N)cc(F)c1. The Morgan fingerprint density at radius 1 is 1.63 bits per heavy atom. The quantitative estimate of drug-likeness (QED) is 0.704. The number of hydrogen-bond acceptors (Lipinski definition) is 4. The van der Waals surface area contributed by atoms with Gasteiger partial charge in [0.05, 0.1) is 6.10 Å². The summed E-state index contributed by atoms with van der Waals surface area (Å²) in [5, 5.41) is 12.8. The summed E-state index contributed by atoms with van der Waals surface area (Å²) in [6, 6.07) is 3.62. The van der Waals surface area contributed by atoms with Crippen LogP contribution in [0.1, 0.15) is 23.7 Å². The third kappa shape index (κ3) is 3.02. The lowest BCUT2D eigenvalue weighted by Crippen LogP contribution is -2.47. The van der Waals surface area contributed by atoms with Crippen molar-refractivity contribution in [1.29, 1.82) is 0 Å². The van der Waals surface area contributed by atoms with Crippen LogP contribution in [0.2, 0.25) is 0 Å². The van der Waals surface area contributed by atoms with E-state index >= 15 is 0 Å². The van der Waals surface area contributed by atoms with Gasteiger partial charge in [-0.1, -0.05) is 0 Å². The molecule has 19 heavy (non-hydrogen) atoms. The van der Waals surface area contributed by atoms with Gasteiger partial charge in [0.25, 0.3) is 5.91 Å². The maximum Gasteiger partial charge on any atom is 0.251 e. The number of rotatable bonds is 3. The molecule has 1 aromatic rings. The lowest BCUT2D eigenvalue weighted by molar-refractivity contribution is -0.0251. The van der Waals surface area contributed by atoms with E-state index in [1.807, 2.05) is 0 Å². The highest BCUT2D eigenvalue weighted by Crippen LogP contribution is 2.24. The maximum absolute atomic E-state index is 13.1. The number of ether oxygens (including phenoxy) is 1. The standard InChI is InChI=1S/C13H17FN2O3/c1-8-13(18,2-3-19-8)7-16-12(17)9-4-10(14)6-11(15)5-9/h4-6,8,18H,2-3,7,15H2,1H3,(H,16,17). The molecule has 1 heterocycles. The zero-order valence-electron chi connectivity index (χ0n) is 10.6. The second-order valence-electron chi connectivity index (χ2n) is 4.82. The molecule has 1 amide bonds. The molecule has 104 valence electrons. The average molecular weight is 268 g/mol. The van der Waals surface area contributed by atoms with Gasteiger partial charge in [-0.15, -0.1) is 0 Å². The summed E-state index contributed by atoms with van der Waals surface area (Å²) in [6.07, 6.45) is 0.116. The van der Waals surface area contributed by atoms with E-state index in [4.69, 9.17) is 10.5 Å². The van der Waals surface area contributed by atoms with Gasteiger partial charge in [0.15, 0.2) is 0 Å². The first kappa shape index (κ1) is 13.8. The number of anilines is 1. The van der Waals surface area contributed by atoms with Gasteiger partial charge < -0.3 is 20.9 Å². The van der Waals surface area contributed by atoms with Gasteiger partial charge in [0.1, 0.15) is 11.4 Å². The van der Waals surface area contributed by atoms with Crippen LogP contribution >= 0.6 is 0 Å². The van der Waals surface area contributed by atoms with Crippen LogP contribution in [0, 0.1) is 5.82 Å². The summed E-state index contributed by atoms with van der Waals surface area (Å²) >= 11 is 0. The lowest BCUT2D eigenvalue weighted by atomic mass is 9.96. The summed E-state index contributed by atoms with van der Waals surface area (Å²) < 4.78 is 18.4. The van der Waals surface area contributed by atoms with Crippen LogP contribution in [-0.2, 0) is 4.74 Å². The monoisotopic (exact) mass is 268 g/mol. The van der Waals surface area contributed by atoms with Crippen LogP contribution in [0.5, 0.6) is 0 Å². The summed E-state index contributed by atoms with van der Waals surface area (Å²) in [5.74, 6) is -1.04. The third-order valence-electron chi connectivity index (χ3n) is 3.40. The maximum atomic E-state index is 13.1. The Labute approximate surface area is 110 Å². The highest BCUT2D eigenvalue weighted by atomic mass is 19.1. The number of nitrogens with one attached hydrogen (secondary N) is 1. The van der Waals surface area contributed by atoms with Gasteiger partial charge in [-0.25, -0.2) is 4.39 Å². The van der Waals surface area contributed by atoms with Crippen molar-refractivity contribution in [3.05, 3.63) is 29.6 Å². The predicted octanol–water partition coefficient (Wildman–Crippen LogP) is 0.678. The van der Waals surface area contributed by atoms with Crippen molar-refractivity contribution in [2.75, 3.05) is 18.9 Å². The van der Waals surface area contributed by atoms with Crippen LogP contribution in [-0.4, -0.2) is 35.9 Å². The summed E-state index contributed by atoms with van der Waals surface area (Å²) in [6.45, 7) is 2.27. The van der Waals surface area contributed by atoms with Gasteiger partial charge in [-0.05, 0) is 25.1 Å². The minimum absolute atomic E-state index is 0.0589. The number of halogens is 1. The topological polar surface area (TPSA) is 84.6 Å². The molecule has 1 fully saturated rings. The van der Waals surface area contributed by atoms with Gasteiger partial charge in [0.2, 0.25) is 0 Å². The van der Waals surface area contributed by atoms with Crippen molar-refractivity contribution in [3.8, 4) is 0 Å². The smallest absolute Gasteiger partial charge is 0.251 e. The van der Waals surface area contributed by atoms with Crippen molar-refractivity contribution in [2.24, 2.45) is 0 Å². The van der Waals surface area contributed by atoms with Crippen molar-refractivity contribution in [2.45, 2.75) is 25.0 Å². The largest absolute Gasteiger partial charge is 0.399 e. The normalized spacial score (nSPS) is 26.4. The minimum Gasteiger partial charge on any atom is -0.399 e. The number of nitrogens with two attached hydrogens (primary N) is 1. The van der Waals surface area contributed by atoms with Gasteiger partial charge in [-0.2, -0.15) is 0 Å². The highest BCUT2D eigenvalue weighted by molar-refractivity contribution is 5.95. The number of nitrogen functional groups attached to an aromatic ring is 1. The second kappa shape index (κ2) is 5.14. The molecule has 5 nitrogen and oxygen atoms in total. The Hall–Kier alpha value is -1.66. The molecule has 1 aromatic carbocycles. The van der Waals surface area contributed by atoms with E-state index in [0.717, 1.165) is 12.1 Å². The van der Waals surface area contributed by atoms with Crippen molar-refractivity contribution < 1.29 is 19.0 Å². The number of amides is 1. The average Bonchev–Trinajstić information content (AvgIpc) is 2.66. The molecule has 0 aromatic heterocycles. The van der Waals surface area contributed by atoms with Crippen molar-refractivity contribution in [1.82, 2.24) is 5.32 Å². The fourth-order valence-corrected chi connectivity index (χ4v) is 2.08. The summed E-state index contributed by atoms with van der Waals surface area (Å²) in [5.41, 5.74) is 4.71. The van der Waals surface area contributed by atoms with Gasteiger partial charge in [0, 0.05) is 30.8 Å². The number of carbonyl (C=O) groups is 1. The first-order valence-corrected chi connectivity index (χ1v) is 6.09. The zero-order chi connectivity index (χ0) is 14.0. The molecule has 0 aliphatic carbocycles. The molecular weight excluding hydrogens is 251 g/mol. The summed E-state index contributed by atoms with van der Waals surface area (Å²) in [4.78, 5) is 11.9. The Bertz CT molecular complexity index is 475. The van der Waals surface area contributed by atoms with Crippen LogP contribution in [0.25, 0.3) is 0 Å². The number of hydrogen-bond donors (Lipinski definition) is 3. The molecule has 0 spiro atoms. The molecule has 1 saturated heterocycles.